The van der Waals surface area contributed by atoms with E-state index in [0.717, 1.165) is 70.4 Å². The maximum atomic E-state index is 15.9. The molecule has 0 aliphatic heterocycles. The zero-order valence-electron chi connectivity index (χ0n) is 36.0. The minimum atomic E-state index is -4.22. The zero-order chi connectivity index (χ0) is 41.3. The smallest absolute Gasteiger partial charge is 0.473 e. The molecule has 306 valence electrons. The van der Waals surface area contributed by atoms with Gasteiger partial charge in [-0.25, -0.2) is 4.57 Å². The fourth-order valence-corrected chi connectivity index (χ4v) is 10.7. The second-order valence-electron chi connectivity index (χ2n) is 15.8. The molecule has 0 radical (unpaired) electrons. The Kier molecular flexibility index (Phi) is 15.6. The van der Waals surface area contributed by atoms with Crippen LogP contribution < -0.4 is 18.5 Å². The van der Waals surface area contributed by atoms with E-state index in [-0.39, 0.29) is 0 Å². The van der Waals surface area contributed by atoms with Crippen LogP contribution in [-0.2, 0) is 19.3 Å². The van der Waals surface area contributed by atoms with Crippen LogP contribution in [-0.4, -0.2) is 10.7 Å². The maximum Gasteiger partial charge on any atom is 0.473 e. The summed E-state index contributed by atoms with van der Waals surface area (Å²) in [5.41, 5.74) is 5.33. The molecule has 4 rings (SSSR count). The minimum Gasteiger partial charge on any atom is -0.477 e. The van der Waals surface area contributed by atoms with Crippen LogP contribution in [0.25, 0.3) is 0 Å². The maximum absolute atomic E-state index is 15.9. The molecule has 0 N–H and O–H groups in total. The van der Waals surface area contributed by atoms with Gasteiger partial charge in [0.25, 0.3) is 0 Å². The summed E-state index contributed by atoms with van der Waals surface area (Å²) in [6.07, 6.45) is 5.42. The predicted octanol–water partition coefficient (Wildman–Crippen LogP) is 14.7. The summed E-state index contributed by atoms with van der Waals surface area (Å²) in [5.74, 6) is 2.27. The lowest BCUT2D eigenvalue weighted by Gasteiger charge is -2.39. The van der Waals surface area contributed by atoms with Gasteiger partial charge in [-0.2, -0.15) is 0 Å². The van der Waals surface area contributed by atoms with Crippen molar-refractivity contribution in [3.05, 3.63) is 118 Å². The number of rotatable bonds is 21. The minimum absolute atomic E-state index is 0.347. The fourth-order valence-electron chi connectivity index (χ4n) is 7.17. The summed E-state index contributed by atoms with van der Waals surface area (Å²) in [6, 6.07) is 25.3. The number of unbranched alkanes of at least 4 members (excludes halogenated alkanes) is 2. The third-order valence-electron chi connectivity index (χ3n) is 11.1. The highest BCUT2D eigenvalue weighted by Gasteiger charge is 2.53. The Bertz CT molecular complexity index is 1940. The van der Waals surface area contributed by atoms with Crippen LogP contribution >= 0.6 is 15.6 Å². The molecule has 0 aliphatic carbocycles. The van der Waals surface area contributed by atoms with Crippen LogP contribution in [0, 0.1) is 41.5 Å². The molecule has 4 aromatic carbocycles. The van der Waals surface area contributed by atoms with Crippen molar-refractivity contribution in [1.82, 2.24) is 0 Å². The van der Waals surface area contributed by atoms with E-state index in [4.69, 9.17) is 23.0 Å². The number of para-hydroxylation sites is 3. The highest BCUT2D eigenvalue weighted by molar-refractivity contribution is 7.56. The molecule has 0 aliphatic rings. The molecule has 0 fully saturated rings. The summed E-state index contributed by atoms with van der Waals surface area (Å²) < 4.78 is 64.4. The van der Waals surface area contributed by atoms with E-state index < -0.39 is 31.9 Å². The van der Waals surface area contributed by atoms with E-state index in [1.54, 1.807) is 6.07 Å². The van der Waals surface area contributed by atoms with Gasteiger partial charge in [-0.15, -0.1) is 0 Å². The Morgan fingerprint density at radius 2 is 1.04 bits per heavy atom. The highest BCUT2D eigenvalue weighted by Crippen LogP contribution is 2.63. The molecule has 56 heavy (non-hydrogen) atoms. The first-order valence-corrected chi connectivity index (χ1v) is 23.3. The highest BCUT2D eigenvalue weighted by atomic mass is 31.2. The number of aryl methyl sites for hydroxylation is 6. The second kappa shape index (κ2) is 19.3. The van der Waals surface area contributed by atoms with Crippen molar-refractivity contribution in [1.29, 1.82) is 0 Å². The van der Waals surface area contributed by atoms with Gasteiger partial charge < -0.3 is 23.0 Å². The van der Waals surface area contributed by atoms with Crippen LogP contribution in [0.3, 0.4) is 0 Å². The van der Waals surface area contributed by atoms with Crippen molar-refractivity contribution in [2.75, 3.05) is 0 Å². The van der Waals surface area contributed by atoms with E-state index in [1.165, 1.54) is 0 Å². The van der Waals surface area contributed by atoms with Gasteiger partial charge in [0.1, 0.15) is 23.0 Å². The van der Waals surface area contributed by atoms with Crippen LogP contribution in [0.4, 0.5) is 0 Å². The summed E-state index contributed by atoms with van der Waals surface area (Å²) >= 11 is 0. The molecular weight excluding hydrogens is 738 g/mol. The predicted molar refractivity (Wildman–Crippen MR) is 233 cm³/mol. The van der Waals surface area contributed by atoms with Crippen LogP contribution in [0.2, 0.25) is 0 Å². The standard InChI is InChI=1S/C47H66O7P2/c1-13-17-31-45(11,54-55(48)47(15-3,16-4)51-43-36(7)25-20-26-37(43)8)40-29-22-30-41(33-40)52-56(49,53-44-38(9)27-21-28-39(44)10)46(12,32-18-14-2)50-42-34(5)23-19-24-35(42)6/h19-30,33,55H,13-18,31-32H2,1-12H3. The van der Waals surface area contributed by atoms with E-state index in [2.05, 4.69) is 13.8 Å². The van der Waals surface area contributed by atoms with E-state index in [9.17, 15) is 4.57 Å². The summed E-state index contributed by atoms with van der Waals surface area (Å²) in [5, 5.41) is -2.38. The Morgan fingerprint density at radius 3 is 1.52 bits per heavy atom. The van der Waals surface area contributed by atoms with Gasteiger partial charge in [-0.3, -0.25) is 4.57 Å². The van der Waals surface area contributed by atoms with E-state index in [1.807, 2.05) is 142 Å². The molecule has 7 nitrogen and oxygen atoms in total. The van der Waals surface area contributed by atoms with Gasteiger partial charge in [0.05, 0.1) is 5.60 Å². The molecule has 4 atom stereocenters. The molecule has 9 heteroatoms. The van der Waals surface area contributed by atoms with Gasteiger partial charge in [-0.1, -0.05) is 114 Å². The number of hydrogen-bond donors (Lipinski definition) is 0. The molecule has 0 heterocycles. The topological polar surface area (TPSA) is 80.3 Å². The fraction of sp³-hybridized carbons (Fsp3) is 0.489. The largest absolute Gasteiger partial charge is 0.477 e. The molecular formula is C47H66O7P2. The monoisotopic (exact) mass is 804 g/mol. The van der Waals surface area contributed by atoms with Gasteiger partial charge in [-0.05, 0) is 132 Å². The third kappa shape index (κ3) is 10.1. The van der Waals surface area contributed by atoms with Gasteiger partial charge in [0, 0.05) is 6.42 Å². The van der Waals surface area contributed by atoms with E-state index >= 15 is 4.57 Å². The number of ether oxygens (including phenoxy) is 2. The van der Waals surface area contributed by atoms with Crippen LogP contribution in [0.5, 0.6) is 23.0 Å². The van der Waals surface area contributed by atoms with E-state index in [0.29, 0.717) is 42.9 Å². The lowest BCUT2D eigenvalue weighted by molar-refractivity contribution is 0.0527. The third-order valence-corrected chi connectivity index (χ3v) is 15.7. The first-order chi connectivity index (χ1) is 26.5. The first-order valence-electron chi connectivity index (χ1n) is 20.4. The summed E-state index contributed by atoms with van der Waals surface area (Å²) in [6.45, 7) is 24.0. The molecule has 0 bridgehead atoms. The van der Waals surface area contributed by atoms with Crippen molar-refractivity contribution in [2.45, 2.75) is 151 Å². The molecule has 4 unspecified atom stereocenters. The van der Waals surface area contributed by atoms with Crippen molar-refractivity contribution >= 4 is 15.6 Å². The van der Waals surface area contributed by atoms with Crippen molar-refractivity contribution in [3.8, 4) is 23.0 Å². The van der Waals surface area contributed by atoms with Crippen LogP contribution in [0.15, 0.2) is 78.9 Å². The normalized spacial score (nSPS) is 15.6. The average molecular weight is 805 g/mol. The quantitative estimate of drug-likeness (QED) is 0.0776. The van der Waals surface area contributed by atoms with Gasteiger partial charge in [0.15, 0.2) is 5.34 Å². The lowest BCUT2D eigenvalue weighted by Crippen LogP contribution is -2.37. The number of benzene rings is 4. The molecule has 4 aromatic rings. The average Bonchev–Trinajstić information content (AvgIpc) is 3.16. The molecule has 0 saturated heterocycles. The summed E-state index contributed by atoms with van der Waals surface area (Å²) in [7, 11) is -7.06. The lowest BCUT2D eigenvalue weighted by atomic mass is 9.90. The molecule has 0 aromatic heterocycles. The van der Waals surface area contributed by atoms with Gasteiger partial charge >= 0.3 is 7.60 Å². The Morgan fingerprint density at radius 1 is 0.589 bits per heavy atom. The molecule has 0 amide bonds. The molecule has 0 saturated carbocycles. The zero-order valence-corrected chi connectivity index (χ0v) is 37.9. The first kappa shape index (κ1) is 45.2. The Hall–Kier alpha value is -3.50. The number of hydrogen-bond acceptors (Lipinski definition) is 7. The second-order valence-corrected chi connectivity index (χ2v) is 19.8. The molecule has 0 spiro atoms. The van der Waals surface area contributed by atoms with Gasteiger partial charge in [0.2, 0.25) is 13.4 Å². The summed E-state index contributed by atoms with van der Waals surface area (Å²) in [4.78, 5) is 0. The van der Waals surface area contributed by atoms with Crippen molar-refractivity contribution in [3.63, 3.8) is 0 Å². The Balaban J connectivity index is 1.82. The SMILES string of the molecule is CCCCC(C)(O[PH](=O)C(CC)(CC)Oc1c(C)cccc1C)c1cccc(OP(=O)(Oc2c(C)cccc2C)C(C)(CCCC)Oc2c(C)cccc2C)c1. The Labute approximate surface area is 338 Å². The van der Waals surface area contributed by atoms with Crippen molar-refractivity contribution < 1.29 is 32.2 Å². The van der Waals surface area contributed by atoms with Crippen molar-refractivity contribution in [2.24, 2.45) is 0 Å². The van der Waals surface area contributed by atoms with Crippen LogP contribution in [0.1, 0.15) is 132 Å².